The molecule has 1 aliphatic rings. The van der Waals surface area contributed by atoms with Crippen LogP contribution in [-0.2, 0) is 9.84 Å². The van der Waals surface area contributed by atoms with Crippen molar-refractivity contribution in [3.8, 4) is 0 Å². The Morgan fingerprint density at radius 1 is 1.31 bits per heavy atom. The normalized spacial score (nSPS) is 29.5. The quantitative estimate of drug-likeness (QED) is 0.826. The summed E-state index contributed by atoms with van der Waals surface area (Å²) in [6.45, 7) is 9.32. The van der Waals surface area contributed by atoms with Gasteiger partial charge >= 0.3 is 0 Å². The molecule has 1 heterocycles. The molecule has 0 aromatic carbocycles. The third-order valence-electron chi connectivity index (χ3n) is 3.24. The molecule has 0 aromatic rings. The van der Waals surface area contributed by atoms with Crippen molar-refractivity contribution in [3.05, 3.63) is 0 Å². The molecule has 96 valence electrons. The number of nitrogens with one attached hydrogen (secondary N) is 1. The summed E-state index contributed by atoms with van der Waals surface area (Å²) in [5, 5.41) is 3.46. The Balaban J connectivity index is 2.68. The molecule has 3 nitrogen and oxygen atoms in total. The predicted molar refractivity (Wildman–Crippen MR) is 68.4 cm³/mol. The molecule has 0 radical (unpaired) electrons. The molecule has 0 aromatic heterocycles. The number of sulfone groups is 1. The minimum absolute atomic E-state index is 0.0130. The second-order valence-corrected chi connectivity index (χ2v) is 8.38. The van der Waals surface area contributed by atoms with Crippen LogP contribution in [0.15, 0.2) is 0 Å². The lowest BCUT2D eigenvalue weighted by Crippen LogP contribution is -2.44. The van der Waals surface area contributed by atoms with Crippen molar-refractivity contribution in [1.82, 2.24) is 5.32 Å². The molecule has 1 atom stereocenters. The molecule has 1 unspecified atom stereocenters. The topological polar surface area (TPSA) is 46.2 Å². The molecule has 0 aliphatic carbocycles. The first-order chi connectivity index (χ1) is 7.18. The summed E-state index contributed by atoms with van der Waals surface area (Å²) < 4.78 is 23.2. The summed E-state index contributed by atoms with van der Waals surface area (Å²) in [6.07, 6.45) is 2.89. The fourth-order valence-electron chi connectivity index (χ4n) is 2.39. The maximum Gasteiger partial charge on any atom is 0.150 e. The monoisotopic (exact) mass is 247 g/mol. The number of rotatable bonds is 4. The Labute approximate surface area is 99.9 Å². The van der Waals surface area contributed by atoms with Crippen LogP contribution < -0.4 is 5.32 Å². The highest BCUT2D eigenvalue weighted by atomic mass is 32.2. The molecule has 0 bridgehead atoms. The summed E-state index contributed by atoms with van der Waals surface area (Å²) in [7, 11) is -2.78. The highest BCUT2D eigenvalue weighted by Crippen LogP contribution is 2.36. The van der Waals surface area contributed by atoms with E-state index in [9.17, 15) is 8.42 Å². The summed E-state index contributed by atoms with van der Waals surface area (Å²) in [6, 6.07) is 0. The lowest BCUT2D eigenvalue weighted by atomic mass is 9.82. The number of hydrogen-bond donors (Lipinski definition) is 1. The van der Waals surface area contributed by atoms with Crippen LogP contribution in [0.1, 0.15) is 47.0 Å². The average molecular weight is 247 g/mol. The van der Waals surface area contributed by atoms with E-state index in [0.29, 0.717) is 11.5 Å². The van der Waals surface area contributed by atoms with Gasteiger partial charge in [0.25, 0.3) is 0 Å². The van der Waals surface area contributed by atoms with Crippen molar-refractivity contribution in [2.45, 2.75) is 52.5 Å². The van der Waals surface area contributed by atoms with Gasteiger partial charge in [-0.05, 0) is 39.0 Å². The number of hydrogen-bond acceptors (Lipinski definition) is 3. The molecular weight excluding hydrogens is 222 g/mol. The summed E-state index contributed by atoms with van der Waals surface area (Å²) >= 11 is 0. The standard InChI is InChI=1S/C12H25NO2S/c1-5-6-12(9-13-11(2,3)4)7-8-16(14,15)10-12/h13H,5-10H2,1-4H3. The molecule has 1 fully saturated rings. The molecule has 1 aliphatic heterocycles. The first-order valence-electron chi connectivity index (χ1n) is 6.14. The second-order valence-electron chi connectivity index (χ2n) is 6.20. The smallest absolute Gasteiger partial charge is 0.150 e. The third kappa shape index (κ3) is 4.06. The summed E-state index contributed by atoms with van der Waals surface area (Å²) in [4.78, 5) is 0. The van der Waals surface area contributed by atoms with Crippen molar-refractivity contribution < 1.29 is 8.42 Å². The first-order valence-corrected chi connectivity index (χ1v) is 7.96. The molecule has 1 rings (SSSR count). The van der Waals surface area contributed by atoms with Crippen LogP contribution in [-0.4, -0.2) is 32.0 Å². The third-order valence-corrected chi connectivity index (χ3v) is 5.12. The molecule has 16 heavy (non-hydrogen) atoms. The SMILES string of the molecule is CCCC1(CNC(C)(C)C)CCS(=O)(=O)C1. The summed E-state index contributed by atoms with van der Waals surface area (Å²) in [5.41, 5.74) is 0.0496. The van der Waals surface area contributed by atoms with Crippen LogP contribution in [0.2, 0.25) is 0 Å². The van der Waals surface area contributed by atoms with E-state index in [1.165, 1.54) is 0 Å². The van der Waals surface area contributed by atoms with Gasteiger partial charge in [-0.3, -0.25) is 0 Å². The van der Waals surface area contributed by atoms with Crippen molar-refractivity contribution in [2.75, 3.05) is 18.1 Å². The van der Waals surface area contributed by atoms with Crippen LogP contribution >= 0.6 is 0 Å². The zero-order valence-electron chi connectivity index (χ0n) is 11.0. The van der Waals surface area contributed by atoms with E-state index in [2.05, 4.69) is 33.0 Å². The van der Waals surface area contributed by atoms with Gasteiger partial charge in [0.1, 0.15) is 0 Å². The van der Waals surface area contributed by atoms with Crippen molar-refractivity contribution >= 4 is 9.84 Å². The van der Waals surface area contributed by atoms with Crippen LogP contribution in [0.3, 0.4) is 0 Å². The fourth-order valence-corrected chi connectivity index (χ4v) is 4.60. The Morgan fingerprint density at radius 2 is 1.94 bits per heavy atom. The van der Waals surface area contributed by atoms with Gasteiger partial charge in [-0.25, -0.2) is 8.42 Å². The highest BCUT2D eigenvalue weighted by molar-refractivity contribution is 7.91. The van der Waals surface area contributed by atoms with E-state index < -0.39 is 9.84 Å². The minimum Gasteiger partial charge on any atom is -0.311 e. The Hall–Kier alpha value is -0.0900. The highest BCUT2D eigenvalue weighted by Gasteiger charge is 2.41. The molecule has 1 saturated heterocycles. The lowest BCUT2D eigenvalue weighted by Gasteiger charge is -2.32. The van der Waals surface area contributed by atoms with Crippen LogP contribution in [0.5, 0.6) is 0 Å². The Kier molecular flexibility index (Phi) is 4.06. The van der Waals surface area contributed by atoms with Gasteiger partial charge in [0, 0.05) is 12.1 Å². The molecule has 1 N–H and O–H groups in total. The molecule has 0 saturated carbocycles. The van der Waals surface area contributed by atoms with E-state index >= 15 is 0 Å². The Bertz CT molecular complexity index is 329. The minimum atomic E-state index is -2.78. The zero-order valence-corrected chi connectivity index (χ0v) is 11.8. The van der Waals surface area contributed by atoms with Crippen molar-refractivity contribution in [3.63, 3.8) is 0 Å². The maximum absolute atomic E-state index is 11.6. The van der Waals surface area contributed by atoms with Gasteiger partial charge in [0.15, 0.2) is 9.84 Å². The maximum atomic E-state index is 11.6. The van der Waals surface area contributed by atoms with Gasteiger partial charge in [-0.1, -0.05) is 13.3 Å². The molecule has 0 spiro atoms. The first kappa shape index (κ1) is 14.0. The molecule has 4 heteroatoms. The van der Waals surface area contributed by atoms with Gasteiger partial charge in [-0.2, -0.15) is 0 Å². The predicted octanol–water partition coefficient (Wildman–Crippen LogP) is 1.98. The van der Waals surface area contributed by atoms with Crippen LogP contribution in [0, 0.1) is 5.41 Å². The van der Waals surface area contributed by atoms with E-state index in [0.717, 1.165) is 25.8 Å². The van der Waals surface area contributed by atoms with E-state index in [1.807, 2.05) is 0 Å². The molecule has 0 amide bonds. The van der Waals surface area contributed by atoms with Crippen molar-refractivity contribution in [1.29, 1.82) is 0 Å². The fraction of sp³-hybridized carbons (Fsp3) is 1.00. The second kappa shape index (κ2) is 4.65. The van der Waals surface area contributed by atoms with E-state index in [4.69, 9.17) is 0 Å². The van der Waals surface area contributed by atoms with Gasteiger partial charge < -0.3 is 5.32 Å². The zero-order chi connectivity index (χ0) is 12.4. The summed E-state index contributed by atoms with van der Waals surface area (Å²) in [5.74, 6) is 0.746. The van der Waals surface area contributed by atoms with Gasteiger partial charge in [0.05, 0.1) is 11.5 Å². The average Bonchev–Trinajstić information content (AvgIpc) is 2.39. The van der Waals surface area contributed by atoms with E-state index in [-0.39, 0.29) is 11.0 Å². The van der Waals surface area contributed by atoms with Crippen LogP contribution in [0.4, 0.5) is 0 Å². The molecular formula is C12H25NO2S. The Morgan fingerprint density at radius 3 is 2.31 bits per heavy atom. The van der Waals surface area contributed by atoms with Crippen molar-refractivity contribution in [2.24, 2.45) is 5.41 Å². The lowest BCUT2D eigenvalue weighted by molar-refractivity contribution is 0.253. The van der Waals surface area contributed by atoms with Gasteiger partial charge in [-0.15, -0.1) is 0 Å². The largest absolute Gasteiger partial charge is 0.311 e. The van der Waals surface area contributed by atoms with Crippen LogP contribution in [0.25, 0.3) is 0 Å². The van der Waals surface area contributed by atoms with Gasteiger partial charge in [0.2, 0.25) is 0 Å². The van der Waals surface area contributed by atoms with E-state index in [1.54, 1.807) is 0 Å².